The number of amides is 1. The van der Waals surface area contributed by atoms with Crippen LogP contribution in [0.3, 0.4) is 0 Å². The molecule has 1 aliphatic heterocycles. The zero-order chi connectivity index (χ0) is 18.3. The van der Waals surface area contributed by atoms with Crippen LogP contribution in [-0.4, -0.2) is 55.5 Å². The van der Waals surface area contributed by atoms with E-state index in [-0.39, 0.29) is 24.6 Å². The van der Waals surface area contributed by atoms with E-state index in [2.05, 4.69) is 5.32 Å². The summed E-state index contributed by atoms with van der Waals surface area (Å²) in [5, 5.41) is 2.53. The smallest absolute Gasteiger partial charge is 0.330 e. The van der Waals surface area contributed by atoms with Gasteiger partial charge in [0.1, 0.15) is 6.10 Å². The second kappa shape index (κ2) is 9.02. The Morgan fingerprint density at radius 2 is 1.75 bits per heavy atom. The van der Waals surface area contributed by atoms with Crippen molar-refractivity contribution in [3.05, 3.63) is 11.6 Å². The number of nitrogens with one attached hydrogen (secondary N) is 1. The van der Waals surface area contributed by atoms with Crippen molar-refractivity contribution in [2.24, 2.45) is 0 Å². The first-order valence-electron chi connectivity index (χ1n) is 7.37. The Morgan fingerprint density at radius 3 is 2.25 bits per heavy atom. The van der Waals surface area contributed by atoms with Gasteiger partial charge in [-0.1, -0.05) is 0 Å². The molecule has 1 heterocycles. The van der Waals surface area contributed by atoms with Gasteiger partial charge in [0.05, 0.1) is 6.61 Å². The molecular formula is C15H21NO8. The van der Waals surface area contributed by atoms with Crippen molar-refractivity contribution in [1.82, 2.24) is 5.32 Å². The van der Waals surface area contributed by atoms with E-state index in [1.165, 1.54) is 20.8 Å². The molecule has 0 spiro atoms. The molecule has 24 heavy (non-hydrogen) atoms. The first kappa shape index (κ1) is 19.6. The van der Waals surface area contributed by atoms with Gasteiger partial charge in [-0.05, 0) is 6.92 Å². The number of carbonyl (C=O) groups excluding carboxylic acids is 4. The van der Waals surface area contributed by atoms with E-state index in [1.54, 1.807) is 6.92 Å². The molecule has 9 nitrogen and oxygen atoms in total. The van der Waals surface area contributed by atoms with Crippen molar-refractivity contribution in [2.45, 2.75) is 46.2 Å². The molecule has 1 aliphatic rings. The molecule has 0 bridgehead atoms. The lowest BCUT2D eigenvalue weighted by atomic mass is 10.1. The van der Waals surface area contributed by atoms with Gasteiger partial charge in [-0.15, -0.1) is 0 Å². The molecule has 0 aromatic carbocycles. The minimum Gasteiger partial charge on any atom is -0.463 e. The van der Waals surface area contributed by atoms with Crippen molar-refractivity contribution < 1.29 is 38.1 Å². The van der Waals surface area contributed by atoms with E-state index in [9.17, 15) is 19.2 Å². The summed E-state index contributed by atoms with van der Waals surface area (Å²) < 4.78 is 20.5. The maximum absolute atomic E-state index is 11.8. The molecule has 0 aliphatic carbocycles. The van der Waals surface area contributed by atoms with Crippen LogP contribution in [-0.2, 0) is 38.1 Å². The van der Waals surface area contributed by atoms with Crippen LogP contribution in [0.25, 0.3) is 0 Å². The van der Waals surface area contributed by atoms with Crippen LogP contribution in [0.15, 0.2) is 11.6 Å². The van der Waals surface area contributed by atoms with Crippen LogP contribution < -0.4 is 5.32 Å². The van der Waals surface area contributed by atoms with E-state index in [1.807, 2.05) is 0 Å². The number of rotatable bonds is 6. The molecule has 1 saturated heterocycles. The molecule has 3 atom stereocenters. The maximum Gasteiger partial charge on any atom is 0.330 e. The lowest BCUT2D eigenvalue weighted by Crippen LogP contribution is -2.32. The van der Waals surface area contributed by atoms with Gasteiger partial charge in [-0.2, -0.15) is 0 Å². The van der Waals surface area contributed by atoms with E-state index in [0.29, 0.717) is 0 Å². The summed E-state index contributed by atoms with van der Waals surface area (Å²) >= 11 is 0. The van der Waals surface area contributed by atoms with Crippen LogP contribution >= 0.6 is 0 Å². The second-order valence-electron chi connectivity index (χ2n) is 4.97. The molecule has 134 valence electrons. The highest BCUT2D eigenvalue weighted by Gasteiger charge is 2.44. The quantitative estimate of drug-likeness (QED) is 0.401. The van der Waals surface area contributed by atoms with Crippen molar-refractivity contribution >= 4 is 23.8 Å². The van der Waals surface area contributed by atoms with E-state index in [0.717, 1.165) is 6.08 Å². The fraction of sp³-hybridized carbons (Fsp3) is 0.600. The lowest BCUT2D eigenvalue weighted by molar-refractivity contribution is -0.193. The molecule has 1 fully saturated rings. The standard InChI is InChI=1S/C15H21NO8/c1-5-21-13(20)6-11-12(7-16-8(2)17)24-15(23-10(4)19)14(11)22-9(3)18/h6,12,14-15H,5,7H2,1-4H3,(H,16,17)/b11-6-/t12-,14-,15-/m1/s1. The van der Waals surface area contributed by atoms with Gasteiger partial charge in [-0.25, -0.2) is 4.79 Å². The molecule has 0 saturated carbocycles. The topological polar surface area (TPSA) is 117 Å². The molecule has 1 amide bonds. The van der Waals surface area contributed by atoms with Gasteiger partial charge in [-0.3, -0.25) is 14.4 Å². The number of ether oxygens (including phenoxy) is 4. The maximum atomic E-state index is 11.8. The predicted octanol–water partition coefficient (Wildman–Crippen LogP) is -0.168. The Hall–Kier alpha value is -2.42. The fourth-order valence-corrected chi connectivity index (χ4v) is 2.11. The molecule has 0 aromatic rings. The van der Waals surface area contributed by atoms with E-state index in [4.69, 9.17) is 18.9 Å². The second-order valence-corrected chi connectivity index (χ2v) is 4.97. The molecule has 0 radical (unpaired) electrons. The molecule has 1 N–H and O–H groups in total. The van der Waals surface area contributed by atoms with Gasteiger partial charge in [0, 0.05) is 39.0 Å². The van der Waals surface area contributed by atoms with Gasteiger partial charge >= 0.3 is 17.9 Å². The predicted molar refractivity (Wildman–Crippen MR) is 79.4 cm³/mol. The minimum atomic E-state index is -1.22. The number of hydrogen-bond donors (Lipinski definition) is 1. The van der Waals surface area contributed by atoms with Crippen LogP contribution in [0.4, 0.5) is 0 Å². The summed E-state index contributed by atoms with van der Waals surface area (Å²) in [4.78, 5) is 45.4. The van der Waals surface area contributed by atoms with Crippen LogP contribution in [0.2, 0.25) is 0 Å². The van der Waals surface area contributed by atoms with E-state index < -0.39 is 36.4 Å². The fourth-order valence-electron chi connectivity index (χ4n) is 2.11. The third kappa shape index (κ3) is 5.99. The molecule has 9 heteroatoms. The van der Waals surface area contributed by atoms with Gasteiger partial charge < -0.3 is 24.3 Å². The highest BCUT2D eigenvalue weighted by Crippen LogP contribution is 2.30. The average Bonchev–Trinajstić information content (AvgIpc) is 2.73. The zero-order valence-corrected chi connectivity index (χ0v) is 14.0. The lowest BCUT2D eigenvalue weighted by Gasteiger charge is -2.18. The van der Waals surface area contributed by atoms with Crippen molar-refractivity contribution in [3.63, 3.8) is 0 Å². The summed E-state index contributed by atoms with van der Waals surface area (Å²) in [5.41, 5.74) is 0.239. The Balaban J connectivity index is 3.10. The molecule has 0 unspecified atom stereocenters. The first-order valence-corrected chi connectivity index (χ1v) is 7.37. The Morgan fingerprint density at radius 1 is 1.12 bits per heavy atom. The van der Waals surface area contributed by atoms with Crippen molar-refractivity contribution in [2.75, 3.05) is 13.2 Å². The Labute approximate surface area is 139 Å². The number of hydrogen-bond acceptors (Lipinski definition) is 8. The summed E-state index contributed by atoms with van der Waals surface area (Å²) in [5.74, 6) is -2.26. The molecular weight excluding hydrogens is 322 g/mol. The van der Waals surface area contributed by atoms with Crippen molar-refractivity contribution in [3.8, 4) is 0 Å². The average molecular weight is 343 g/mol. The molecule has 1 rings (SSSR count). The van der Waals surface area contributed by atoms with Crippen LogP contribution in [0, 0.1) is 0 Å². The van der Waals surface area contributed by atoms with Gasteiger partial charge in [0.25, 0.3) is 0 Å². The Kier molecular flexibility index (Phi) is 7.37. The largest absolute Gasteiger partial charge is 0.463 e. The highest BCUT2D eigenvalue weighted by molar-refractivity contribution is 5.83. The van der Waals surface area contributed by atoms with Crippen LogP contribution in [0.1, 0.15) is 27.7 Å². The zero-order valence-electron chi connectivity index (χ0n) is 14.0. The summed E-state index contributed by atoms with van der Waals surface area (Å²) in [6, 6.07) is 0. The minimum absolute atomic E-state index is 0.0100. The third-order valence-corrected chi connectivity index (χ3v) is 2.93. The van der Waals surface area contributed by atoms with Crippen LogP contribution in [0.5, 0.6) is 0 Å². The summed E-state index contributed by atoms with van der Waals surface area (Å²) in [6.07, 6.45) is -2.01. The number of carbonyl (C=O) groups is 4. The first-order chi connectivity index (χ1) is 11.2. The van der Waals surface area contributed by atoms with Gasteiger partial charge in [0.15, 0.2) is 6.10 Å². The normalized spacial score (nSPS) is 24.3. The van der Waals surface area contributed by atoms with E-state index >= 15 is 0 Å². The summed E-state index contributed by atoms with van der Waals surface area (Å²) in [7, 11) is 0. The Bertz CT molecular complexity index is 542. The highest BCUT2D eigenvalue weighted by atomic mass is 16.7. The third-order valence-electron chi connectivity index (χ3n) is 2.93. The van der Waals surface area contributed by atoms with Crippen molar-refractivity contribution in [1.29, 1.82) is 0 Å². The van der Waals surface area contributed by atoms with Gasteiger partial charge in [0.2, 0.25) is 12.2 Å². The monoisotopic (exact) mass is 343 g/mol. The molecule has 0 aromatic heterocycles. The SMILES string of the molecule is CCOC(=O)/C=C1\[C@@H](OC(C)=O)[C@H](OC(C)=O)O[C@@H]1CNC(C)=O. The number of esters is 3. The summed E-state index contributed by atoms with van der Waals surface area (Å²) in [6.45, 7) is 5.47.